The van der Waals surface area contributed by atoms with Gasteiger partial charge in [-0.05, 0) is 38.8 Å². The SMILES string of the molecule is CCCN(CCCCC(N)=S)CC(=O)N(C)C. The van der Waals surface area contributed by atoms with Crippen molar-refractivity contribution in [1.82, 2.24) is 9.80 Å². The molecule has 100 valence electrons. The summed E-state index contributed by atoms with van der Waals surface area (Å²) in [5, 5.41) is 0. The van der Waals surface area contributed by atoms with Crippen molar-refractivity contribution in [2.75, 3.05) is 33.7 Å². The van der Waals surface area contributed by atoms with E-state index in [1.165, 1.54) is 0 Å². The maximum absolute atomic E-state index is 11.6. The summed E-state index contributed by atoms with van der Waals surface area (Å²) in [6.45, 7) is 4.54. The Labute approximate surface area is 110 Å². The lowest BCUT2D eigenvalue weighted by Crippen LogP contribution is -2.37. The third-order valence-corrected chi connectivity index (χ3v) is 2.75. The van der Waals surface area contributed by atoms with E-state index in [1.54, 1.807) is 19.0 Å². The minimum atomic E-state index is 0.160. The molecule has 0 aliphatic rings. The molecule has 0 fully saturated rings. The van der Waals surface area contributed by atoms with E-state index in [1.807, 2.05) is 0 Å². The molecule has 0 aliphatic carbocycles. The zero-order valence-electron chi connectivity index (χ0n) is 11.2. The van der Waals surface area contributed by atoms with Gasteiger partial charge in [-0.1, -0.05) is 19.1 Å². The minimum absolute atomic E-state index is 0.160. The molecule has 0 aliphatic heterocycles. The summed E-state index contributed by atoms with van der Waals surface area (Å²) >= 11 is 4.83. The number of nitrogens with zero attached hydrogens (tertiary/aromatic N) is 2. The molecule has 0 unspecified atom stereocenters. The summed E-state index contributed by atoms with van der Waals surface area (Å²) in [7, 11) is 3.58. The summed E-state index contributed by atoms with van der Waals surface area (Å²) in [6.07, 6.45) is 3.91. The lowest BCUT2D eigenvalue weighted by atomic mass is 10.2. The first-order chi connectivity index (χ1) is 7.97. The molecule has 0 aromatic carbocycles. The van der Waals surface area contributed by atoms with Crippen molar-refractivity contribution in [1.29, 1.82) is 0 Å². The van der Waals surface area contributed by atoms with E-state index in [9.17, 15) is 4.79 Å². The van der Waals surface area contributed by atoms with Crippen LogP contribution in [0.2, 0.25) is 0 Å². The fourth-order valence-electron chi connectivity index (χ4n) is 1.55. The van der Waals surface area contributed by atoms with Crippen molar-refractivity contribution in [3.05, 3.63) is 0 Å². The average Bonchev–Trinajstić information content (AvgIpc) is 2.23. The topological polar surface area (TPSA) is 49.6 Å². The van der Waals surface area contributed by atoms with Gasteiger partial charge in [0.05, 0.1) is 11.5 Å². The number of unbranched alkanes of at least 4 members (excludes halogenated alkanes) is 1. The predicted molar refractivity (Wildman–Crippen MR) is 76.1 cm³/mol. The normalized spacial score (nSPS) is 10.6. The molecular formula is C12H25N3OS. The predicted octanol–water partition coefficient (Wildman–Crippen LogP) is 1.24. The average molecular weight is 259 g/mol. The molecule has 0 rings (SSSR count). The molecule has 0 spiro atoms. The van der Waals surface area contributed by atoms with E-state index in [4.69, 9.17) is 18.0 Å². The highest BCUT2D eigenvalue weighted by Gasteiger charge is 2.10. The number of likely N-dealkylation sites (N-methyl/N-ethyl adjacent to an activating group) is 1. The molecule has 2 N–H and O–H groups in total. The molecule has 0 aromatic heterocycles. The fraction of sp³-hybridized carbons (Fsp3) is 0.833. The number of hydrogen-bond donors (Lipinski definition) is 1. The van der Waals surface area contributed by atoms with Gasteiger partial charge < -0.3 is 10.6 Å². The highest BCUT2D eigenvalue weighted by molar-refractivity contribution is 7.80. The molecule has 0 atom stereocenters. The monoisotopic (exact) mass is 259 g/mol. The van der Waals surface area contributed by atoms with Crippen LogP contribution < -0.4 is 5.73 Å². The Morgan fingerprint density at radius 1 is 1.24 bits per heavy atom. The van der Waals surface area contributed by atoms with Gasteiger partial charge >= 0.3 is 0 Å². The molecule has 17 heavy (non-hydrogen) atoms. The van der Waals surface area contributed by atoms with Crippen molar-refractivity contribution in [3.8, 4) is 0 Å². The largest absolute Gasteiger partial charge is 0.393 e. The van der Waals surface area contributed by atoms with E-state index in [-0.39, 0.29) is 5.91 Å². The molecule has 0 heterocycles. The van der Waals surface area contributed by atoms with Gasteiger partial charge in [0, 0.05) is 14.1 Å². The number of amides is 1. The Bertz CT molecular complexity index is 244. The molecule has 0 saturated heterocycles. The van der Waals surface area contributed by atoms with Gasteiger partial charge in [0.2, 0.25) is 5.91 Å². The maximum Gasteiger partial charge on any atom is 0.236 e. The quantitative estimate of drug-likeness (QED) is 0.500. The molecule has 4 nitrogen and oxygen atoms in total. The Morgan fingerprint density at radius 3 is 2.35 bits per heavy atom. The molecule has 0 radical (unpaired) electrons. The van der Waals surface area contributed by atoms with Crippen LogP contribution in [-0.4, -0.2) is 54.4 Å². The minimum Gasteiger partial charge on any atom is -0.393 e. The maximum atomic E-state index is 11.6. The van der Waals surface area contributed by atoms with Crippen molar-refractivity contribution in [2.24, 2.45) is 5.73 Å². The third-order valence-electron chi connectivity index (χ3n) is 2.55. The number of nitrogens with two attached hydrogens (primary N) is 1. The zero-order chi connectivity index (χ0) is 13.3. The second-order valence-electron chi connectivity index (χ2n) is 4.49. The molecule has 0 aromatic rings. The standard InChI is InChI=1S/C12H25N3OS/c1-4-8-15(10-12(16)14(2)3)9-6-5-7-11(13)17/h4-10H2,1-3H3,(H2,13,17). The lowest BCUT2D eigenvalue weighted by molar-refractivity contribution is -0.129. The van der Waals surface area contributed by atoms with Crippen molar-refractivity contribution in [2.45, 2.75) is 32.6 Å². The summed E-state index contributed by atoms with van der Waals surface area (Å²) in [5.74, 6) is 0.160. The number of carbonyl (C=O) groups excluding carboxylic acids is 1. The van der Waals surface area contributed by atoms with Gasteiger partial charge in [0.1, 0.15) is 0 Å². The number of rotatable bonds is 9. The van der Waals surface area contributed by atoms with Crippen LogP contribution in [0.25, 0.3) is 0 Å². The van der Waals surface area contributed by atoms with Crippen molar-refractivity contribution >= 4 is 23.1 Å². The Hall–Kier alpha value is -0.680. The van der Waals surface area contributed by atoms with E-state index in [0.29, 0.717) is 11.5 Å². The zero-order valence-corrected chi connectivity index (χ0v) is 12.1. The Kier molecular flexibility index (Phi) is 8.99. The lowest BCUT2D eigenvalue weighted by Gasteiger charge is -2.22. The van der Waals surface area contributed by atoms with Gasteiger partial charge in [0.25, 0.3) is 0 Å². The van der Waals surface area contributed by atoms with Gasteiger partial charge in [-0.2, -0.15) is 0 Å². The fourth-order valence-corrected chi connectivity index (χ4v) is 1.70. The van der Waals surface area contributed by atoms with Crippen LogP contribution >= 0.6 is 12.2 Å². The van der Waals surface area contributed by atoms with Crippen LogP contribution in [0, 0.1) is 0 Å². The molecule has 0 bridgehead atoms. The molecule has 1 amide bonds. The van der Waals surface area contributed by atoms with Crippen LogP contribution in [0.1, 0.15) is 32.6 Å². The first-order valence-electron chi connectivity index (χ1n) is 6.18. The van der Waals surface area contributed by atoms with E-state index in [0.717, 1.165) is 38.8 Å². The summed E-state index contributed by atoms with van der Waals surface area (Å²) in [5.41, 5.74) is 5.45. The van der Waals surface area contributed by atoms with Crippen LogP contribution in [-0.2, 0) is 4.79 Å². The second kappa shape index (κ2) is 9.36. The Balaban J connectivity index is 3.89. The molecule has 5 heteroatoms. The third kappa shape index (κ3) is 9.06. The van der Waals surface area contributed by atoms with Gasteiger partial charge in [0.15, 0.2) is 0 Å². The van der Waals surface area contributed by atoms with Gasteiger partial charge in [-0.15, -0.1) is 0 Å². The van der Waals surface area contributed by atoms with Crippen LogP contribution in [0.15, 0.2) is 0 Å². The number of thiocarbonyl (C=S) groups is 1. The van der Waals surface area contributed by atoms with Crippen molar-refractivity contribution < 1.29 is 4.79 Å². The number of carbonyl (C=O) groups is 1. The van der Waals surface area contributed by atoms with Crippen LogP contribution in [0.5, 0.6) is 0 Å². The van der Waals surface area contributed by atoms with E-state index < -0.39 is 0 Å². The van der Waals surface area contributed by atoms with Gasteiger partial charge in [-0.3, -0.25) is 9.69 Å². The second-order valence-corrected chi connectivity index (χ2v) is 5.01. The molecular weight excluding hydrogens is 234 g/mol. The van der Waals surface area contributed by atoms with Crippen LogP contribution in [0.4, 0.5) is 0 Å². The number of hydrogen-bond acceptors (Lipinski definition) is 3. The smallest absolute Gasteiger partial charge is 0.236 e. The highest BCUT2D eigenvalue weighted by atomic mass is 32.1. The summed E-state index contributed by atoms with van der Waals surface area (Å²) in [6, 6.07) is 0. The summed E-state index contributed by atoms with van der Waals surface area (Å²) in [4.78, 5) is 16.0. The first-order valence-corrected chi connectivity index (χ1v) is 6.59. The van der Waals surface area contributed by atoms with Crippen molar-refractivity contribution in [3.63, 3.8) is 0 Å². The first kappa shape index (κ1) is 16.3. The Morgan fingerprint density at radius 2 is 1.88 bits per heavy atom. The van der Waals surface area contributed by atoms with Crippen LogP contribution in [0.3, 0.4) is 0 Å². The summed E-state index contributed by atoms with van der Waals surface area (Å²) < 4.78 is 0. The van der Waals surface area contributed by atoms with Gasteiger partial charge in [-0.25, -0.2) is 0 Å². The highest BCUT2D eigenvalue weighted by Crippen LogP contribution is 2.01. The van der Waals surface area contributed by atoms with E-state index >= 15 is 0 Å². The van der Waals surface area contributed by atoms with E-state index in [2.05, 4.69) is 11.8 Å². The molecule has 0 saturated carbocycles.